The van der Waals surface area contributed by atoms with E-state index in [0.717, 1.165) is 11.4 Å². The van der Waals surface area contributed by atoms with Crippen LogP contribution in [0.2, 0.25) is 0 Å². The van der Waals surface area contributed by atoms with Crippen LogP contribution in [0.1, 0.15) is 20.1 Å². The molecule has 2 heterocycles. The fourth-order valence-corrected chi connectivity index (χ4v) is 3.19. The molecule has 2 aromatic heterocycles. The smallest absolute Gasteiger partial charge is 0.275 e. The van der Waals surface area contributed by atoms with Crippen molar-refractivity contribution in [1.82, 2.24) is 9.99 Å². The SMILES string of the molecule is Cc1ccc2c(ccn2Cc2ccc(C(=O)NN)s2)c1. The molecule has 0 radical (unpaired) electrons. The second-order valence-corrected chi connectivity index (χ2v) is 5.91. The van der Waals surface area contributed by atoms with E-state index in [1.807, 2.05) is 6.07 Å². The van der Waals surface area contributed by atoms with Gasteiger partial charge in [-0.1, -0.05) is 11.6 Å². The lowest BCUT2D eigenvalue weighted by molar-refractivity contribution is 0.0957. The van der Waals surface area contributed by atoms with E-state index in [4.69, 9.17) is 5.84 Å². The van der Waals surface area contributed by atoms with Gasteiger partial charge < -0.3 is 4.57 Å². The van der Waals surface area contributed by atoms with Crippen LogP contribution in [0, 0.1) is 6.92 Å². The summed E-state index contributed by atoms with van der Waals surface area (Å²) in [6.07, 6.45) is 2.08. The van der Waals surface area contributed by atoms with Gasteiger partial charge in [-0.05, 0) is 42.6 Å². The van der Waals surface area contributed by atoms with Crippen LogP contribution in [0.5, 0.6) is 0 Å². The maximum Gasteiger partial charge on any atom is 0.275 e. The Morgan fingerprint density at radius 1 is 1.30 bits per heavy atom. The molecule has 20 heavy (non-hydrogen) atoms. The second-order valence-electron chi connectivity index (χ2n) is 4.75. The number of carbonyl (C=O) groups excluding carboxylic acids is 1. The van der Waals surface area contributed by atoms with Gasteiger partial charge in [0.05, 0.1) is 11.4 Å². The monoisotopic (exact) mass is 285 g/mol. The van der Waals surface area contributed by atoms with E-state index in [2.05, 4.69) is 47.4 Å². The first-order valence-corrected chi connectivity index (χ1v) is 7.14. The van der Waals surface area contributed by atoms with E-state index in [9.17, 15) is 4.79 Å². The third-order valence-electron chi connectivity index (χ3n) is 3.27. The zero-order valence-corrected chi connectivity index (χ0v) is 11.9. The highest BCUT2D eigenvalue weighted by Crippen LogP contribution is 2.22. The number of aryl methyl sites for hydroxylation is 1. The van der Waals surface area contributed by atoms with Crippen LogP contribution < -0.4 is 11.3 Å². The van der Waals surface area contributed by atoms with Crippen molar-refractivity contribution < 1.29 is 4.79 Å². The van der Waals surface area contributed by atoms with Crippen molar-refractivity contribution in [3.8, 4) is 0 Å². The number of hydrogen-bond donors (Lipinski definition) is 2. The molecular weight excluding hydrogens is 270 g/mol. The molecule has 4 nitrogen and oxygen atoms in total. The number of amides is 1. The van der Waals surface area contributed by atoms with Gasteiger partial charge in [-0.15, -0.1) is 11.3 Å². The minimum absolute atomic E-state index is 0.241. The van der Waals surface area contributed by atoms with Gasteiger partial charge in [0.2, 0.25) is 0 Å². The van der Waals surface area contributed by atoms with Crippen LogP contribution >= 0.6 is 11.3 Å². The number of carbonyl (C=O) groups is 1. The standard InChI is InChI=1S/C15H15N3OS/c1-10-2-4-13-11(8-10)6-7-18(13)9-12-3-5-14(20-12)15(19)17-16/h2-8H,9,16H2,1H3,(H,17,19). The molecule has 102 valence electrons. The van der Waals surface area contributed by atoms with Gasteiger partial charge in [-0.2, -0.15) is 0 Å². The van der Waals surface area contributed by atoms with E-state index >= 15 is 0 Å². The quantitative estimate of drug-likeness (QED) is 0.441. The van der Waals surface area contributed by atoms with Gasteiger partial charge in [-0.25, -0.2) is 5.84 Å². The van der Waals surface area contributed by atoms with Gasteiger partial charge in [0.1, 0.15) is 0 Å². The van der Waals surface area contributed by atoms with E-state index in [1.54, 1.807) is 6.07 Å². The molecule has 3 rings (SSSR count). The van der Waals surface area contributed by atoms with Crippen molar-refractivity contribution in [1.29, 1.82) is 0 Å². The largest absolute Gasteiger partial charge is 0.342 e. The van der Waals surface area contributed by atoms with Crippen LogP contribution in [0.25, 0.3) is 10.9 Å². The third kappa shape index (κ3) is 2.33. The highest BCUT2D eigenvalue weighted by molar-refractivity contribution is 7.14. The minimum Gasteiger partial charge on any atom is -0.342 e. The predicted molar refractivity (Wildman–Crippen MR) is 81.7 cm³/mol. The molecule has 0 atom stereocenters. The molecular formula is C15H15N3OS. The van der Waals surface area contributed by atoms with Gasteiger partial charge in [0, 0.05) is 16.6 Å². The molecule has 0 spiro atoms. The number of fused-ring (bicyclic) bond motifs is 1. The van der Waals surface area contributed by atoms with Gasteiger partial charge in [0.25, 0.3) is 5.91 Å². The number of nitrogens with two attached hydrogens (primary N) is 1. The number of thiophene rings is 1. The number of nitrogens with one attached hydrogen (secondary N) is 1. The Morgan fingerprint density at radius 2 is 2.15 bits per heavy atom. The lowest BCUT2D eigenvalue weighted by Gasteiger charge is -2.03. The molecule has 3 aromatic rings. The first kappa shape index (κ1) is 12.9. The molecule has 0 bridgehead atoms. The average Bonchev–Trinajstić information content (AvgIpc) is 3.06. The van der Waals surface area contributed by atoms with Crippen LogP contribution in [-0.4, -0.2) is 10.5 Å². The Labute approximate surface area is 120 Å². The Hall–Kier alpha value is -2.11. The van der Waals surface area contributed by atoms with Gasteiger partial charge in [0.15, 0.2) is 0 Å². The number of rotatable bonds is 3. The van der Waals surface area contributed by atoms with E-state index in [1.165, 1.54) is 27.8 Å². The van der Waals surface area contributed by atoms with Gasteiger partial charge in [-0.3, -0.25) is 10.2 Å². The van der Waals surface area contributed by atoms with Crippen LogP contribution in [0.4, 0.5) is 0 Å². The Morgan fingerprint density at radius 3 is 2.95 bits per heavy atom. The summed E-state index contributed by atoms with van der Waals surface area (Å²) in [4.78, 5) is 13.2. The predicted octanol–water partition coefficient (Wildman–Crippen LogP) is 2.66. The number of aromatic nitrogens is 1. The molecule has 0 aliphatic heterocycles. The van der Waals surface area contributed by atoms with Gasteiger partial charge >= 0.3 is 0 Å². The van der Waals surface area contributed by atoms with E-state index < -0.39 is 0 Å². The molecule has 0 aliphatic rings. The summed E-state index contributed by atoms with van der Waals surface area (Å²) < 4.78 is 2.19. The zero-order valence-electron chi connectivity index (χ0n) is 11.1. The van der Waals surface area contributed by atoms with Crippen LogP contribution in [0.15, 0.2) is 42.6 Å². The molecule has 3 N–H and O–H groups in total. The topological polar surface area (TPSA) is 60.0 Å². The zero-order chi connectivity index (χ0) is 14.1. The summed E-state index contributed by atoms with van der Waals surface area (Å²) in [6.45, 7) is 2.85. The second kappa shape index (κ2) is 5.11. The van der Waals surface area contributed by atoms with E-state index in [-0.39, 0.29) is 5.91 Å². The summed E-state index contributed by atoms with van der Waals surface area (Å²) in [5, 5.41) is 1.24. The molecule has 0 saturated carbocycles. The fraction of sp³-hybridized carbons (Fsp3) is 0.133. The first-order valence-electron chi connectivity index (χ1n) is 6.32. The van der Waals surface area contributed by atoms with Crippen molar-refractivity contribution in [2.75, 3.05) is 0 Å². The highest BCUT2D eigenvalue weighted by atomic mass is 32.1. The van der Waals surface area contributed by atoms with Crippen LogP contribution in [0.3, 0.4) is 0 Å². The maximum atomic E-state index is 11.4. The van der Waals surface area contributed by atoms with Crippen molar-refractivity contribution >= 4 is 28.1 Å². The highest BCUT2D eigenvalue weighted by Gasteiger charge is 2.08. The summed E-state index contributed by atoms with van der Waals surface area (Å²) in [6, 6.07) is 12.3. The molecule has 1 amide bonds. The normalized spacial score (nSPS) is 10.9. The number of hydrazine groups is 1. The third-order valence-corrected chi connectivity index (χ3v) is 4.34. The molecule has 0 unspecified atom stereocenters. The first-order chi connectivity index (χ1) is 9.67. The molecule has 5 heteroatoms. The van der Waals surface area contributed by atoms with Crippen LogP contribution in [-0.2, 0) is 6.54 Å². The molecule has 1 aromatic carbocycles. The Balaban J connectivity index is 1.89. The number of benzene rings is 1. The lowest BCUT2D eigenvalue weighted by atomic mass is 10.2. The number of hydrogen-bond acceptors (Lipinski definition) is 3. The summed E-state index contributed by atoms with van der Waals surface area (Å²) in [5.41, 5.74) is 4.61. The Bertz CT molecular complexity index is 772. The lowest BCUT2D eigenvalue weighted by Crippen LogP contribution is -2.29. The molecule has 0 aliphatic carbocycles. The molecule has 0 fully saturated rings. The maximum absolute atomic E-state index is 11.4. The van der Waals surface area contributed by atoms with Crippen molar-refractivity contribution in [2.24, 2.45) is 5.84 Å². The van der Waals surface area contributed by atoms with Crippen molar-refractivity contribution in [2.45, 2.75) is 13.5 Å². The minimum atomic E-state index is -0.241. The summed E-state index contributed by atoms with van der Waals surface area (Å²) >= 11 is 1.46. The Kier molecular flexibility index (Phi) is 3.30. The average molecular weight is 285 g/mol. The fourth-order valence-electron chi connectivity index (χ4n) is 2.28. The summed E-state index contributed by atoms with van der Waals surface area (Å²) in [7, 11) is 0. The van der Waals surface area contributed by atoms with E-state index in [0.29, 0.717) is 4.88 Å². The number of nitrogen functional groups attached to an aromatic ring is 1. The van der Waals surface area contributed by atoms with Crippen molar-refractivity contribution in [3.05, 3.63) is 57.9 Å². The molecule has 0 saturated heterocycles. The van der Waals surface area contributed by atoms with Crippen molar-refractivity contribution in [3.63, 3.8) is 0 Å². The summed E-state index contributed by atoms with van der Waals surface area (Å²) in [5.74, 6) is 4.90. The number of nitrogens with zero attached hydrogens (tertiary/aromatic N) is 1.